The molecule has 0 bridgehead atoms. The van der Waals surface area contributed by atoms with Crippen LogP contribution in [0.5, 0.6) is 0 Å². The molecule has 1 aliphatic carbocycles. The summed E-state index contributed by atoms with van der Waals surface area (Å²) in [5.74, 6) is -0.155. The van der Waals surface area contributed by atoms with E-state index >= 15 is 0 Å². The minimum atomic E-state index is -0.439. The maximum Gasteiger partial charge on any atom is 0.253 e. The zero-order chi connectivity index (χ0) is 13.7. The summed E-state index contributed by atoms with van der Waals surface area (Å²) < 4.78 is 0. The molecule has 0 aliphatic heterocycles. The zero-order valence-electron chi connectivity index (χ0n) is 11.2. The molecule has 0 aromatic carbocycles. The zero-order valence-corrected chi connectivity index (χ0v) is 11.2. The number of carbonyl (C=O) groups is 1. The minimum Gasteiger partial charge on any atom is -0.391 e. The van der Waals surface area contributed by atoms with Crippen molar-refractivity contribution in [2.24, 2.45) is 0 Å². The van der Waals surface area contributed by atoms with Crippen LogP contribution in [0.4, 0.5) is 5.69 Å². The normalized spacial score (nSPS) is 23.5. The average molecular weight is 263 g/mol. The van der Waals surface area contributed by atoms with Crippen LogP contribution in [0.25, 0.3) is 0 Å². The van der Waals surface area contributed by atoms with Crippen LogP contribution >= 0.6 is 0 Å². The van der Waals surface area contributed by atoms with Crippen molar-refractivity contribution in [1.29, 1.82) is 0 Å². The number of hydrogen-bond acceptors (Lipinski definition) is 4. The predicted molar refractivity (Wildman–Crippen MR) is 74.1 cm³/mol. The van der Waals surface area contributed by atoms with Crippen molar-refractivity contribution in [1.82, 2.24) is 10.3 Å². The molecule has 2 atom stereocenters. The van der Waals surface area contributed by atoms with Crippen LogP contribution < -0.4 is 10.6 Å². The van der Waals surface area contributed by atoms with E-state index in [4.69, 9.17) is 0 Å². The van der Waals surface area contributed by atoms with Gasteiger partial charge in [-0.3, -0.25) is 9.78 Å². The Labute approximate surface area is 113 Å². The van der Waals surface area contributed by atoms with E-state index in [0.29, 0.717) is 11.3 Å². The SMILES string of the molecule is CNc1cnccc1C(=O)NC1CCCCCC1O. The number of rotatable bonds is 3. The van der Waals surface area contributed by atoms with Gasteiger partial charge < -0.3 is 15.7 Å². The fourth-order valence-electron chi connectivity index (χ4n) is 2.49. The van der Waals surface area contributed by atoms with E-state index in [0.717, 1.165) is 32.1 Å². The Morgan fingerprint density at radius 2 is 2.16 bits per heavy atom. The molecule has 5 heteroatoms. The second kappa shape index (κ2) is 6.52. The maximum absolute atomic E-state index is 12.3. The van der Waals surface area contributed by atoms with Gasteiger partial charge in [0.1, 0.15) is 0 Å². The second-order valence-electron chi connectivity index (χ2n) is 4.96. The number of nitrogens with one attached hydrogen (secondary N) is 2. The Morgan fingerprint density at radius 3 is 2.95 bits per heavy atom. The highest BCUT2D eigenvalue weighted by atomic mass is 16.3. The number of pyridine rings is 1. The molecule has 0 spiro atoms. The summed E-state index contributed by atoms with van der Waals surface area (Å²) in [4.78, 5) is 16.2. The summed E-state index contributed by atoms with van der Waals surface area (Å²) in [6.45, 7) is 0. The minimum absolute atomic E-state index is 0.145. The molecule has 1 saturated carbocycles. The fraction of sp³-hybridized carbons (Fsp3) is 0.571. The summed E-state index contributed by atoms with van der Waals surface area (Å²) in [7, 11) is 1.76. The van der Waals surface area contributed by atoms with Crippen LogP contribution in [0.15, 0.2) is 18.5 Å². The van der Waals surface area contributed by atoms with Gasteiger partial charge in [-0.2, -0.15) is 0 Å². The Morgan fingerprint density at radius 1 is 1.37 bits per heavy atom. The van der Waals surface area contributed by atoms with Gasteiger partial charge in [0.15, 0.2) is 0 Å². The molecule has 19 heavy (non-hydrogen) atoms. The standard InChI is InChI=1S/C14H21N3O2/c1-15-12-9-16-8-7-10(12)14(19)17-11-5-3-2-4-6-13(11)18/h7-9,11,13,15,18H,2-6H2,1H3,(H,17,19). The number of carbonyl (C=O) groups excluding carboxylic acids is 1. The summed E-state index contributed by atoms with van der Waals surface area (Å²) in [5.41, 5.74) is 1.26. The van der Waals surface area contributed by atoms with Crippen LogP contribution in [0.1, 0.15) is 42.5 Å². The van der Waals surface area contributed by atoms with Gasteiger partial charge in [0.2, 0.25) is 0 Å². The maximum atomic E-state index is 12.3. The molecule has 3 N–H and O–H groups in total. The van der Waals surface area contributed by atoms with Crippen LogP contribution in [-0.2, 0) is 0 Å². The number of amides is 1. The van der Waals surface area contributed by atoms with Gasteiger partial charge >= 0.3 is 0 Å². The Bertz CT molecular complexity index is 436. The van der Waals surface area contributed by atoms with Crippen molar-refractivity contribution < 1.29 is 9.90 Å². The van der Waals surface area contributed by atoms with Crippen molar-refractivity contribution in [3.05, 3.63) is 24.0 Å². The number of aliphatic hydroxyl groups excluding tert-OH is 1. The van der Waals surface area contributed by atoms with E-state index in [9.17, 15) is 9.90 Å². The number of hydrogen-bond donors (Lipinski definition) is 3. The third kappa shape index (κ3) is 3.44. The molecule has 2 rings (SSSR count). The number of aliphatic hydroxyl groups is 1. The van der Waals surface area contributed by atoms with Crippen LogP contribution in [-0.4, -0.2) is 35.2 Å². The van der Waals surface area contributed by atoms with E-state index in [2.05, 4.69) is 15.6 Å². The molecule has 5 nitrogen and oxygen atoms in total. The number of anilines is 1. The highest BCUT2D eigenvalue weighted by molar-refractivity contribution is 5.99. The molecule has 0 saturated heterocycles. The first-order valence-electron chi connectivity index (χ1n) is 6.83. The van der Waals surface area contributed by atoms with Gasteiger partial charge in [-0.1, -0.05) is 19.3 Å². The van der Waals surface area contributed by atoms with Crippen molar-refractivity contribution >= 4 is 11.6 Å². The monoisotopic (exact) mass is 263 g/mol. The molecule has 1 fully saturated rings. The van der Waals surface area contributed by atoms with Gasteiger partial charge in [0.25, 0.3) is 5.91 Å². The quantitative estimate of drug-likeness (QED) is 0.723. The molecule has 1 aromatic heterocycles. The topological polar surface area (TPSA) is 74.2 Å². The van der Waals surface area contributed by atoms with E-state index in [1.165, 1.54) is 0 Å². The molecule has 1 aliphatic rings. The highest BCUT2D eigenvalue weighted by Crippen LogP contribution is 2.19. The third-order valence-corrected chi connectivity index (χ3v) is 3.63. The van der Waals surface area contributed by atoms with E-state index < -0.39 is 6.10 Å². The van der Waals surface area contributed by atoms with Gasteiger partial charge in [-0.05, 0) is 18.9 Å². The molecule has 1 heterocycles. The smallest absolute Gasteiger partial charge is 0.253 e. The number of aromatic nitrogens is 1. The van der Waals surface area contributed by atoms with Crippen molar-refractivity contribution in [2.75, 3.05) is 12.4 Å². The first kappa shape index (κ1) is 13.8. The van der Waals surface area contributed by atoms with Gasteiger partial charge in [0.05, 0.1) is 29.6 Å². The van der Waals surface area contributed by atoms with Gasteiger partial charge in [-0.25, -0.2) is 0 Å². The first-order valence-corrected chi connectivity index (χ1v) is 6.83. The summed E-state index contributed by atoms with van der Waals surface area (Å²) in [5, 5.41) is 15.9. The molecule has 2 unspecified atom stereocenters. The molecule has 1 aromatic rings. The predicted octanol–water partition coefficient (Wildman–Crippen LogP) is 1.55. The lowest BCUT2D eigenvalue weighted by molar-refractivity contribution is 0.0819. The second-order valence-corrected chi connectivity index (χ2v) is 4.96. The largest absolute Gasteiger partial charge is 0.391 e. The van der Waals surface area contributed by atoms with Crippen molar-refractivity contribution in [2.45, 2.75) is 44.2 Å². The van der Waals surface area contributed by atoms with E-state index in [1.54, 1.807) is 25.5 Å². The third-order valence-electron chi connectivity index (χ3n) is 3.63. The van der Waals surface area contributed by atoms with Crippen molar-refractivity contribution in [3.8, 4) is 0 Å². The summed E-state index contributed by atoms with van der Waals surface area (Å²) >= 11 is 0. The average Bonchev–Trinajstić information content (AvgIpc) is 2.64. The van der Waals surface area contributed by atoms with Crippen LogP contribution in [0.3, 0.4) is 0 Å². The lowest BCUT2D eigenvalue weighted by atomic mass is 10.1. The Balaban J connectivity index is 2.07. The number of nitrogens with zero attached hydrogens (tertiary/aromatic N) is 1. The Hall–Kier alpha value is -1.62. The lowest BCUT2D eigenvalue weighted by Crippen LogP contribution is -2.42. The molecular formula is C14H21N3O2. The summed E-state index contributed by atoms with van der Waals surface area (Å²) in [6, 6.07) is 1.54. The Kier molecular flexibility index (Phi) is 4.74. The molecule has 0 radical (unpaired) electrons. The van der Waals surface area contributed by atoms with Crippen LogP contribution in [0, 0.1) is 0 Å². The van der Waals surface area contributed by atoms with E-state index in [-0.39, 0.29) is 11.9 Å². The summed E-state index contributed by atoms with van der Waals surface area (Å²) in [6.07, 6.45) is 7.60. The molecule has 1 amide bonds. The lowest BCUT2D eigenvalue weighted by Gasteiger charge is -2.22. The highest BCUT2D eigenvalue weighted by Gasteiger charge is 2.24. The van der Waals surface area contributed by atoms with Crippen LogP contribution in [0.2, 0.25) is 0 Å². The van der Waals surface area contributed by atoms with Gasteiger partial charge in [-0.15, -0.1) is 0 Å². The molecular weight excluding hydrogens is 242 g/mol. The molecule has 104 valence electrons. The van der Waals surface area contributed by atoms with Crippen molar-refractivity contribution in [3.63, 3.8) is 0 Å². The van der Waals surface area contributed by atoms with E-state index in [1.807, 2.05) is 0 Å². The first-order chi connectivity index (χ1) is 9.22. The fourth-order valence-corrected chi connectivity index (χ4v) is 2.49. The van der Waals surface area contributed by atoms with Gasteiger partial charge in [0, 0.05) is 13.2 Å².